The van der Waals surface area contributed by atoms with E-state index in [-0.39, 0.29) is 6.61 Å². The molecule has 2 amide bonds. The summed E-state index contributed by atoms with van der Waals surface area (Å²) < 4.78 is 51.3. The van der Waals surface area contributed by atoms with E-state index < -0.39 is 185 Å². The van der Waals surface area contributed by atoms with Gasteiger partial charge in [-0.05, 0) is 6.92 Å². The average molecular weight is 879 g/mol. The quantitative estimate of drug-likeness (QED) is 0.0770. The summed E-state index contributed by atoms with van der Waals surface area (Å²) in [5.74, 6) is -1.30. The Kier molecular flexibility index (Phi) is 17.3. The number of carbonyl (C=O) groups is 2. The van der Waals surface area contributed by atoms with Gasteiger partial charge in [0.25, 0.3) is 0 Å². The van der Waals surface area contributed by atoms with Crippen molar-refractivity contribution in [1.82, 2.24) is 10.6 Å². The Hall–Kier alpha value is -1.94. The maximum atomic E-state index is 12.5. The molecule has 5 aliphatic heterocycles. The van der Waals surface area contributed by atoms with Gasteiger partial charge in [-0.2, -0.15) is 0 Å². The minimum Gasteiger partial charge on any atom is -0.394 e. The van der Waals surface area contributed by atoms with Crippen molar-refractivity contribution in [2.24, 2.45) is 0 Å². The minimum atomic E-state index is -2.02. The summed E-state index contributed by atoms with van der Waals surface area (Å²) in [4.78, 5) is 24.4. The highest BCUT2D eigenvalue weighted by Crippen LogP contribution is 2.33. The first-order valence-electron chi connectivity index (χ1n) is 19.3. The molecule has 0 aliphatic carbocycles. The van der Waals surface area contributed by atoms with E-state index >= 15 is 0 Å². The summed E-state index contributed by atoms with van der Waals surface area (Å²) in [6.07, 6.45) is -36.3. The Bertz CT molecular complexity index is 1390. The van der Waals surface area contributed by atoms with Crippen molar-refractivity contribution in [3.63, 3.8) is 0 Å². The van der Waals surface area contributed by atoms with E-state index in [9.17, 15) is 76.0 Å². The summed E-state index contributed by atoms with van der Waals surface area (Å²) in [5.41, 5.74) is 0. The number of nitrogens with one attached hydrogen (secondary N) is 2. The van der Waals surface area contributed by atoms with Crippen LogP contribution in [-0.2, 0) is 52.2 Å². The molecule has 26 heteroatoms. The molecule has 24 atom stereocenters. The van der Waals surface area contributed by atoms with Crippen molar-refractivity contribution < 1.29 is 119 Å². The van der Waals surface area contributed by atoms with Crippen LogP contribution in [0, 0.1) is 0 Å². The Morgan fingerprint density at radius 3 is 1.57 bits per heavy atom. The summed E-state index contributed by atoms with van der Waals surface area (Å²) >= 11 is 0. The van der Waals surface area contributed by atoms with E-state index in [2.05, 4.69) is 10.6 Å². The first kappa shape index (κ1) is 49.1. The molecule has 0 spiro atoms. The molecule has 0 aromatic carbocycles. The molecule has 0 saturated carbocycles. The van der Waals surface area contributed by atoms with Gasteiger partial charge in [-0.1, -0.05) is 0 Å². The second-order valence-corrected chi connectivity index (χ2v) is 15.4. The zero-order chi connectivity index (χ0) is 44.3. The molecule has 5 fully saturated rings. The van der Waals surface area contributed by atoms with Gasteiger partial charge in [0.05, 0.1) is 45.2 Å². The summed E-state index contributed by atoms with van der Waals surface area (Å²) in [5, 5.41) is 141. The molecule has 15 N–H and O–H groups in total. The number of aliphatic hydroxyl groups is 13. The van der Waals surface area contributed by atoms with Gasteiger partial charge in [0, 0.05) is 13.8 Å². The smallest absolute Gasteiger partial charge is 0.217 e. The van der Waals surface area contributed by atoms with Gasteiger partial charge in [-0.25, -0.2) is 0 Å². The van der Waals surface area contributed by atoms with Gasteiger partial charge < -0.3 is 120 Å². The third-order valence-corrected chi connectivity index (χ3v) is 11.0. The Morgan fingerprint density at radius 1 is 0.517 bits per heavy atom. The summed E-state index contributed by atoms with van der Waals surface area (Å²) in [6, 6.07) is -2.69. The van der Waals surface area contributed by atoms with Gasteiger partial charge in [0.1, 0.15) is 110 Å². The van der Waals surface area contributed by atoms with Crippen molar-refractivity contribution in [3.8, 4) is 0 Å². The Labute approximate surface area is 342 Å². The highest BCUT2D eigenvalue weighted by molar-refractivity contribution is 5.73. The molecule has 60 heavy (non-hydrogen) atoms. The second-order valence-electron chi connectivity index (χ2n) is 15.4. The van der Waals surface area contributed by atoms with Gasteiger partial charge in [-0.3, -0.25) is 9.59 Å². The number of carbonyl (C=O) groups excluding carboxylic acids is 2. The van der Waals surface area contributed by atoms with Crippen LogP contribution < -0.4 is 10.6 Å². The van der Waals surface area contributed by atoms with Crippen LogP contribution in [0.3, 0.4) is 0 Å². The molecule has 5 saturated heterocycles. The molecule has 5 rings (SSSR count). The van der Waals surface area contributed by atoms with Crippen LogP contribution in [0.5, 0.6) is 0 Å². The SMILES string of the molecule is CC(=O)N[C@H]1[C@H](O[C@H]2[C@H](O)[C@@H](NC(C)=O)CO[C@@H]2CO[C@H]2O[C@@H](C)[C@@H](O)[C@@H](O)[C@@H]2O)O[C@H](CO)[C@@H](O[C@@H]2O[C@H](CO[C@H]3O[C@@H](CO)[C@@H](O)[C@H](O)[C@@H]3O)[C@@H](O)[C@H](O)[C@@H]2O)[C@@H]1O. The maximum Gasteiger partial charge on any atom is 0.217 e. The largest absolute Gasteiger partial charge is 0.394 e. The number of ether oxygens (including phenoxy) is 9. The second kappa shape index (κ2) is 21.2. The van der Waals surface area contributed by atoms with Crippen molar-refractivity contribution >= 4 is 11.8 Å². The molecule has 348 valence electrons. The van der Waals surface area contributed by atoms with E-state index in [0.29, 0.717) is 0 Å². The zero-order valence-electron chi connectivity index (χ0n) is 32.7. The van der Waals surface area contributed by atoms with Crippen LogP contribution in [0.25, 0.3) is 0 Å². The number of hydrogen-bond acceptors (Lipinski definition) is 24. The van der Waals surface area contributed by atoms with Crippen LogP contribution in [-0.4, -0.2) is 258 Å². The Morgan fingerprint density at radius 2 is 0.983 bits per heavy atom. The highest BCUT2D eigenvalue weighted by Gasteiger charge is 2.54. The molecule has 0 aromatic rings. The first-order chi connectivity index (χ1) is 28.3. The third-order valence-electron chi connectivity index (χ3n) is 11.0. The van der Waals surface area contributed by atoms with Gasteiger partial charge in [0.15, 0.2) is 25.2 Å². The van der Waals surface area contributed by atoms with Crippen molar-refractivity contribution in [2.75, 3.05) is 33.0 Å². The fraction of sp³-hybridized carbons (Fsp3) is 0.941. The normalized spacial score (nSPS) is 48.9. The molecular formula is C34H58N2O24. The standard InChI is InChI=1S/C34H58N2O24/c1-9-18(41)23(46)26(49)32(55-9)54-8-16-30(19(42)12(6-52-16)35-10(2)39)59-31-17(36-11(3)40)22(45)29(14(5-38)57-31)60-34-28(51)25(48)21(44)15(58-34)7-53-33-27(50)24(47)20(43)13(4-37)56-33/h9,12-34,37-38,41-51H,4-8H2,1-3H3,(H,35,39)(H,36,40)/t9-,12-,13-,14+,15+,16+,17+,18+,19+,20+,21+,22+,23+,24-,25-,26-,27-,28-,29+,30+,31-,32-,33-,34-/m0/s1. The predicted molar refractivity (Wildman–Crippen MR) is 187 cm³/mol. The van der Waals surface area contributed by atoms with Gasteiger partial charge in [0.2, 0.25) is 11.8 Å². The fourth-order valence-electron chi connectivity index (χ4n) is 7.52. The lowest BCUT2D eigenvalue weighted by molar-refractivity contribution is -0.363. The number of rotatable bonds is 14. The molecule has 5 heterocycles. The molecular weight excluding hydrogens is 820 g/mol. The van der Waals surface area contributed by atoms with Crippen molar-refractivity contribution in [2.45, 2.75) is 168 Å². The topological polar surface area (TPSA) is 404 Å². The maximum absolute atomic E-state index is 12.5. The lowest BCUT2D eigenvalue weighted by Crippen LogP contribution is -2.69. The fourth-order valence-corrected chi connectivity index (χ4v) is 7.52. The number of aliphatic hydroxyl groups excluding tert-OH is 13. The van der Waals surface area contributed by atoms with Crippen LogP contribution in [0.4, 0.5) is 0 Å². The van der Waals surface area contributed by atoms with Crippen LogP contribution in [0.1, 0.15) is 20.8 Å². The van der Waals surface area contributed by atoms with E-state index in [4.69, 9.17) is 42.6 Å². The predicted octanol–water partition coefficient (Wildman–Crippen LogP) is -9.93. The lowest BCUT2D eigenvalue weighted by atomic mass is 9.94. The monoisotopic (exact) mass is 878 g/mol. The molecule has 5 aliphatic rings. The third kappa shape index (κ3) is 10.9. The zero-order valence-corrected chi connectivity index (χ0v) is 32.7. The molecule has 0 radical (unpaired) electrons. The van der Waals surface area contributed by atoms with E-state index in [1.807, 2.05) is 0 Å². The highest BCUT2D eigenvalue weighted by atomic mass is 16.8. The van der Waals surface area contributed by atoms with Gasteiger partial charge in [-0.15, -0.1) is 0 Å². The number of hydrogen-bond donors (Lipinski definition) is 15. The minimum absolute atomic E-state index is 0.280. The van der Waals surface area contributed by atoms with Gasteiger partial charge >= 0.3 is 0 Å². The molecule has 0 unspecified atom stereocenters. The van der Waals surface area contributed by atoms with E-state index in [0.717, 1.165) is 6.92 Å². The van der Waals surface area contributed by atoms with Crippen molar-refractivity contribution in [1.29, 1.82) is 0 Å². The van der Waals surface area contributed by atoms with Crippen LogP contribution >= 0.6 is 0 Å². The van der Waals surface area contributed by atoms with Crippen molar-refractivity contribution in [3.05, 3.63) is 0 Å². The van der Waals surface area contributed by atoms with Crippen LogP contribution in [0.2, 0.25) is 0 Å². The summed E-state index contributed by atoms with van der Waals surface area (Å²) in [6.45, 7) is 0.489. The van der Waals surface area contributed by atoms with Crippen LogP contribution in [0.15, 0.2) is 0 Å². The number of amides is 2. The first-order valence-corrected chi connectivity index (χ1v) is 19.3. The van der Waals surface area contributed by atoms with E-state index in [1.165, 1.54) is 13.8 Å². The summed E-state index contributed by atoms with van der Waals surface area (Å²) in [7, 11) is 0. The Balaban J connectivity index is 1.32. The average Bonchev–Trinajstić information content (AvgIpc) is 3.20. The lowest BCUT2D eigenvalue weighted by Gasteiger charge is -2.49. The molecule has 0 aromatic heterocycles. The van der Waals surface area contributed by atoms with E-state index in [1.54, 1.807) is 0 Å². The molecule has 26 nitrogen and oxygen atoms in total. The molecule has 0 bridgehead atoms.